The Morgan fingerprint density at radius 1 is 1.11 bits per heavy atom. The Morgan fingerprint density at radius 2 is 1.78 bits per heavy atom. The molecule has 0 aromatic rings. The fourth-order valence-electron chi connectivity index (χ4n) is 2.90. The highest BCUT2D eigenvalue weighted by Crippen LogP contribution is 2.32. The van der Waals surface area contributed by atoms with E-state index >= 15 is 0 Å². The number of piperazine rings is 1. The number of nitrogens with one attached hydrogen (secondary N) is 1. The Kier molecular flexibility index (Phi) is 5.46. The van der Waals surface area contributed by atoms with Gasteiger partial charge in [-0.3, -0.25) is 9.80 Å². The van der Waals surface area contributed by atoms with Crippen LogP contribution in [0.1, 0.15) is 40.0 Å². The van der Waals surface area contributed by atoms with Crippen LogP contribution < -0.4 is 5.32 Å². The van der Waals surface area contributed by atoms with Crippen LogP contribution in [0.15, 0.2) is 0 Å². The van der Waals surface area contributed by atoms with E-state index in [4.69, 9.17) is 0 Å². The molecule has 1 N–H and O–H groups in total. The van der Waals surface area contributed by atoms with Crippen LogP contribution >= 0.6 is 0 Å². The fourth-order valence-corrected chi connectivity index (χ4v) is 2.90. The molecule has 1 aliphatic carbocycles. The maximum atomic E-state index is 3.68. The molecule has 1 saturated carbocycles. The molecule has 2 rings (SSSR count). The minimum absolute atomic E-state index is 0.742. The summed E-state index contributed by atoms with van der Waals surface area (Å²) < 4.78 is 0. The van der Waals surface area contributed by atoms with Gasteiger partial charge in [-0.2, -0.15) is 0 Å². The number of hydrogen-bond acceptors (Lipinski definition) is 3. The van der Waals surface area contributed by atoms with Crippen molar-refractivity contribution < 1.29 is 0 Å². The Balaban J connectivity index is 1.55. The van der Waals surface area contributed by atoms with Crippen molar-refractivity contribution >= 4 is 0 Å². The Bertz CT molecular complexity index is 232. The van der Waals surface area contributed by atoms with Gasteiger partial charge in [0.2, 0.25) is 0 Å². The normalized spacial score (nSPS) is 26.2. The molecule has 2 fully saturated rings. The monoisotopic (exact) mass is 253 g/mol. The number of nitrogens with zero attached hydrogens (tertiary/aromatic N) is 2. The molecule has 0 spiro atoms. The van der Waals surface area contributed by atoms with Gasteiger partial charge in [0.25, 0.3) is 0 Å². The van der Waals surface area contributed by atoms with E-state index in [2.05, 4.69) is 35.9 Å². The van der Waals surface area contributed by atoms with Crippen molar-refractivity contribution in [2.45, 2.75) is 52.1 Å². The van der Waals surface area contributed by atoms with Crippen molar-refractivity contribution in [1.29, 1.82) is 0 Å². The molecule has 1 aliphatic heterocycles. The van der Waals surface area contributed by atoms with Crippen LogP contribution in [0.3, 0.4) is 0 Å². The van der Waals surface area contributed by atoms with Gasteiger partial charge in [0, 0.05) is 51.4 Å². The standard InChI is InChI=1S/C15H31N3/c1-4-13(2)18-11-9-17(10-12-18)8-7-16-14(3)15-5-6-15/h13-16H,4-12H2,1-3H3. The molecule has 2 atom stereocenters. The molecule has 0 aromatic heterocycles. The smallest absolute Gasteiger partial charge is 0.0113 e. The highest BCUT2D eigenvalue weighted by Gasteiger charge is 2.27. The fraction of sp³-hybridized carbons (Fsp3) is 1.00. The molecule has 0 aromatic carbocycles. The van der Waals surface area contributed by atoms with Crippen molar-refractivity contribution in [1.82, 2.24) is 15.1 Å². The molecule has 18 heavy (non-hydrogen) atoms. The highest BCUT2D eigenvalue weighted by atomic mass is 15.3. The van der Waals surface area contributed by atoms with Crippen molar-refractivity contribution in [3.05, 3.63) is 0 Å². The second kappa shape index (κ2) is 6.88. The number of hydrogen-bond donors (Lipinski definition) is 1. The first-order valence-corrected chi connectivity index (χ1v) is 7.90. The summed E-state index contributed by atoms with van der Waals surface area (Å²) >= 11 is 0. The van der Waals surface area contributed by atoms with E-state index in [1.807, 2.05) is 0 Å². The zero-order valence-electron chi connectivity index (χ0n) is 12.5. The summed E-state index contributed by atoms with van der Waals surface area (Å²) in [4.78, 5) is 5.25. The maximum absolute atomic E-state index is 3.68. The maximum Gasteiger partial charge on any atom is 0.0113 e. The molecular formula is C15H31N3. The summed E-state index contributed by atoms with van der Waals surface area (Å²) in [6.07, 6.45) is 4.17. The molecule has 0 radical (unpaired) electrons. The third-order valence-corrected chi connectivity index (χ3v) is 4.84. The summed E-state index contributed by atoms with van der Waals surface area (Å²) in [5.41, 5.74) is 0. The first kappa shape index (κ1) is 14.3. The van der Waals surface area contributed by atoms with Crippen LogP contribution in [0, 0.1) is 5.92 Å². The zero-order chi connectivity index (χ0) is 13.0. The first-order chi connectivity index (χ1) is 8.70. The molecule has 3 heteroatoms. The zero-order valence-corrected chi connectivity index (χ0v) is 12.5. The average Bonchev–Trinajstić information content (AvgIpc) is 3.23. The van der Waals surface area contributed by atoms with Crippen molar-refractivity contribution in [2.24, 2.45) is 5.92 Å². The van der Waals surface area contributed by atoms with Gasteiger partial charge in [0.05, 0.1) is 0 Å². The second-order valence-electron chi connectivity index (χ2n) is 6.22. The third kappa shape index (κ3) is 4.22. The van der Waals surface area contributed by atoms with Gasteiger partial charge in [0.1, 0.15) is 0 Å². The topological polar surface area (TPSA) is 18.5 Å². The van der Waals surface area contributed by atoms with Gasteiger partial charge in [-0.15, -0.1) is 0 Å². The molecule has 2 unspecified atom stereocenters. The van der Waals surface area contributed by atoms with Gasteiger partial charge >= 0.3 is 0 Å². The third-order valence-electron chi connectivity index (χ3n) is 4.84. The molecule has 0 amide bonds. The van der Waals surface area contributed by atoms with Crippen LogP contribution in [0.5, 0.6) is 0 Å². The van der Waals surface area contributed by atoms with E-state index in [-0.39, 0.29) is 0 Å². The predicted molar refractivity (Wildman–Crippen MR) is 78.0 cm³/mol. The van der Waals surface area contributed by atoms with Gasteiger partial charge in [-0.25, -0.2) is 0 Å². The highest BCUT2D eigenvalue weighted by molar-refractivity contribution is 4.83. The lowest BCUT2D eigenvalue weighted by atomic mass is 10.2. The van der Waals surface area contributed by atoms with Crippen LogP contribution in [0.25, 0.3) is 0 Å². The molecule has 106 valence electrons. The lowest BCUT2D eigenvalue weighted by molar-refractivity contribution is 0.101. The summed E-state index contributed by atoms with van der Waals surface area (Å²) in [5.74, 6) is 0.979. The Hall–Kier alpha value is -0.120. The van der Waals surface area contributed by atoms with E-state index in [1.54, 1.807) is 0 Å². The Morgan fingerprint density at radius 3 is 2.33 bits per heavy atom. The quantitative estimate of drug-likeness (QED) is 0.746. The minimum Gasteiger partial charge on any atom is -0.313 e. The van der Waals surface area contributed by atoms with Gasteiger partial charge in [-0.1, -0.05) is 6.92 Å². The van der Waals surface area contributed by atoms with Crippen LogP contribution in [-0.2, 0) is 0 Å². The van der Waals surface area contributed by atoms with Gasteiger partial charge in [0.15, 0.2) is 0 Å². The lowest BCUT2D eigenvalue weighted by Crippen LogP contribution is -2.51. The van der Waals surface area contributed by atoms with Crippen LogP contribution in [0.4, 0.5) is 0 Å². The molecule has 3 nitrogen and oxygen atoms in total. The van der Waals surface area contributed by atoms with Crippen LogP contribution in [0.2, 0.25) is 0 Å². The summed E-state index contributed by atoms with van der Waals surface area (Å²) in [6, 6.07) is 1.51. The largest absolute Gasteiger partial charge is 0.313 e. The molecular weight excluding hydrogens is 222 g/mol. The van der Waals surface area contributed by atoms with Gasteiger partial charge in [-0.05, 0) is 39.0 Å². The summed E-state index contributed by atoms with van der Waals surface area (Å²) in [5, 5.41) is 3.68. The average molecular weight is 253 g/mol. The van der Waals surface area contributed by atoms with E-state index in [1.165, 1.54) is 58.5 Å². The van der Waals surface area contributed by atoms with E-state index in [0.29, 0.717) is 0 Å². The number of rotatable bonds is 7. The van der Waals surface area contributed by atoms with E-state index < -0.39 is 0 Å². The van der Waals surface area contributed by atoms with Crippen molar-refractivity contribution in [2.75, 3.05) is 39.3 Å². The van der Waals surface area contributed by atoms with E-state index in [0.717, 1.165) is 18.0 Å². The second-order valence-corrected chi connectivity index (χ2v) is 6.22. The van der Waals surface area contributed by atoms with Crippen molar-refractivity contribution in [3.8, 4) is 0 Å². The summed E-state index contributed by atoms with van der Waals surface area (Å²) in [6.45, 7) is 14.4. The molecule has 0 bridgehead atoms. The lowest BCUT2D eigenvalue weighted by Gasteiger charge is -2.38. The van der Waals surface area contributed by atoms with Gasteiger partial charge < -0.3 is 5.32 Å². The molecule has 2 aliphatic rings. The summed E-state index contributed by atoms with van der Waals surface area (Å²) in [7, 11) is 0. The minimum atomic E-state index is 0.742. The van der Waals surface area contributed by atoms with E-state index in [9.17, 15) is 0 Å². The first-order valence-electron chi connectivity index (χ1n) is 7.90. The predicted octanol–water partition coefficient (Wildman–Crippen LogP) is 1.79. The van der Waals surface area contributed by atoms with Crippen LogP contribution in [-0.4, -0.2) is 61.2 Å². The SMILES string of the molecule is CCC(C)N1CCN(CCNC(C)C2CC2)CC1. The molecule has 1 saturated heterocycles. The molecule has 1 heterocycles. The Labute approximate surface area is 113 Å². The van der Waals surface area contributed by atoms with Crippen molar-refractivity contribution in [3.63, 3.8) is 0 Å².